The number of halogens is 2. The highest BCUT2D eigenvalue weighted by atomic mass is 35.5. The fraction of sp³-hybridized carbons (Fsp3) is 0.500. The van der Waals surface area contributed by atoms with Crippen molar-refractivity contribution in [2.75, 3.05) is 32.8 Å². The molecule has 0 aliphatic carbocycles. The Morgan fingerprint density at radius 3 is 2.47 bits per heavy atom. The van der Waals surface area contributed by atoms with Crippen LogP contribution in [0.1, 0.15) is 17.3 Å². The molecule has 1 aliphatic rings. The molecule has 0 aromatic heterocycles. The Kier molecular flexibility index (Phi) is 6.42. The second kappa shape index (κ2) is 7.58. The lowest BCUT2D eigenvalue weighted by Crippen LogP contribution is -2.40. The van der Waals surface area contributed by atoms with Gasteiger partial charge >= 0.3 is 0 Å². The first-order chi connectivity index (χ1) is 8.66. The highest BCUT2D eigenvalue weighted by Crippen LogP contribution is 2.12. The van der Waals surface area contributed by atoms with Crippen molar-refractivity contribution in [3.8, 4) is 0 Å². The van der Waals surface area contributed by atoms with Crippen molar-refractivity contribution < 1.29 is 13.9 Å². The fourth-order valence-corrected chi connectivity index (χ4v) is 2.15. The van der Waals surface area contributed by atoms with Gasteiger partial charge in [0.05, 0.1) is 13.2 Å². The van der Waals surface area contributed by atoms with Crippen molar-refractivity contribution in [2.24, 2.45) is 5.92 Å². The molecule has 1 heterocycles. The Hall–Kier alpha value is -0.970. The van der Waals surface area contributed by atoms with Gasteiger partial charge in [0.15, 0.2) is 5.78 Å². The van der Waals surface area contributed by atoms with Gasteiger partial charge in [0.2, 0.25) is 0 Å². The lowest BCUT2D eigenvalue weighted by Gasteiger charge is -2.28. The Bertz CT molecular complexity index is 404. The van der Waals surface area contributed by atoms with Crippen molar-refractivity contribution in [1.82, 2.24) is 4.90 Å². The molecule has 1 saturated heterocycles. The molecule has 106 valence electrons. The van der Waals surface area contributed by atoms with Gasteiger partial charge in [0.25, 0.3) is 0 Å². The fourth-order valence-electron chi connectivity index (χ4n) is 2.15. The second-order valence-corrected chi connectivity index (χ2v) is 4.69. The van der Waals surface area contributed by atoms with Crippen molar-refractivity contribution >= 4 is 18.2 Å². The summed E-state index contributed by atoms with van der Waals surface area (Å²) in [6.07, 6.45) is 0. The third kappa shape index (κ3) is 4.56. The smallest absolute Gasteiger partial charge is 0.166 e. The standard InChI is InChI=1S/C14H18FNO2.ClH/c1-11(10-16-6-8-18-9-7-16)14(17)12-2-4-13(15)5-3-12;/h2-5,11H,6-10H2,1H3;1H. The summed E-state index contributed by atoms with van der Waals surface area (Å²) in [5, 5.41) is 0. The maximum atomic E-state index is 12.8. The van der Waals surface area contributed by atoms with Gasteiger partial charge in [-0.25, -0.2) is 4.39 Å². The topological polar surface area (TPSA) is 29.5 Å². The van der Waals surface area contributed by atoms with E-state index in [1.807, 2.05) is 6.92 Å². The number of hydrogen-bond donors (Lipinski definition) is 0. The van der Waals surface area contributed by atoms with Gasteiger partial charge in [-0.15, -0.1) is 12.4 Å². The second-order valence-electron chi connectivity index (χ2n) is 4.69. The van der Waals surface area contributed by atoms with Crippen LogP contribution in [0.4, 0.5) is 4.39 Å². The summed E-state index contributed by atoms with van der Waals surface area (Å²) < 4.78 is 18.1. The highest BCUT2D eigenvalue weighted by molar-refractivity contribution is 5.97. The molecule has 1 fully saturated rings. The normalized spacial score (nSPS) is 17.6. The van der Waals surface area contributed by atoms with Gasteiger partial charge in [-0.2, -0.15) is 0 Å². The van der Waals surface area contributed by atoms with E-state index in [0.717, 1.165) is 32.8 Å². The van der Waals surface area contributed by atoms with Gasteiger partial charge in [0, 0.05) is 31.1 Å². The number of Topliss-reactive ketones (excluding diaryl/α,β-unsaturated/α-hetero) is 1. The average Bonchev–Trinajstić information content (AvgIpc) is 2.40. The molecule has 1 aromatic rings. The number of rotatable bonds is 4. The van der Waals surface area contributed by atoms with Crippen LogP contribution in [0.5, 0.6) is 0 Å². The predicted molar refractivity (Wildman–Crippen MR) is 74.4 cm³/mol. The first-order valence-corrected chi connectivity index (χ1v) is 6.26. The average molecular weight is 288 g/mol. The van der Waals surface area contributed by atoms with Gasteiger partial charge in [-0.05, 0) is 24.3 Å². The molecule has 2 rings (SSSR count). The van der Waals surface area contributed by atoms with Crippen molar-refractivity contribution in [2.45, 2.75) is 6.92 Å². The first-order valence-electron chi connectivity index (χ1n) is 6.26. The van der Waals surface area contributed by atoms with E-state index >= 15 is 0 Å². The number of carbonyl (C=O) groups is 1. The van der Waals surface area contributed by atoms with E-state index in [9.17, 15) is 9.18 Å². The summed E-state index contributed by atoms with van der Waals surface area (Å²) in [4.78, 5) is 14.4. The number of ether oxygens (including phenoxy) is 1. The monoisotopic (exact) mass is 287 g/mol. The van der Waals surface area contributed by atoms with E-state index in [1.54, 1.807) is 12.1 Å². The molecule has 1 aromatic carbocycles. The molecule has 3 nitrogen and oxygen atoms in total. The lowest BCUT2D eigenvalue weighted by molar-refractivity contribution is 0.0313. The summed E-state index contributed by atoms with van der Waals surface area (Å²) in [5.74, 6) is -0.317. The van der Waals surface area contributed by atoms with E-state index in [-0.39, 0.29) is 29.9 Å². The highest BCUT2D eigenvalue weighted by Gasteiger charge is 2.20. The molecule has 1 aliphatic heterocycles. The minimum atomic E-state index is -0.313. The van der Waals surface area contributed by atoms with Crippen LogP contribution in [0, 0.1) is 11.7 Å². The van der Waals surface area contributed by atoms with Crippen LogP contribution in [-0.4, -0.2) is 43.5 Å². The molecule has 0 radical (unpaired) electrons. The molecule has 0 spiro atoms. The molecule has 5 heteroatoms. The third-order valence-corrected chi connectivity index (χ3v) is 3.21. The summed E-state index contributed by atoms with van der Waals surface area (Å²) >= 11 is 0. The number of morpholine rings is 1. The summed E-state index contributed by atoms with van der Waals surface area (Å²) in [7, 11) is 0. The van der Waals surface area contributed by atoms with Gasteiger partial charge < -0.3 is 4.74 Å². The molecule has 0 N–H and O–H groups in total. The molecule has 0 bridgehead atoms. The van der Waals surface area contributed by atoms with E-state index in [0.29, 0.717) is 5.56 Å². The molecule has 1 atom stereocenters. The molecule has 0 saturated carbocycles. The summed E-state index contributed by atoms with van der Waals surface area (Å²) in [6, 6.07) is 5.75. The zero-order chi connectivity index (χ0) is 13.0. The Morgan fingerprint density at radius 2 is 1.89 bits per heavy atom. The van der Waals surface area contributed by atoms with Crippen LogP contribution >= 0.6 is 12.4 Å². The Morgan fingerprint density at radius 1 is 1.32 bits per heavy atom. The Balaban J connectivity index is 0.00000180. The molecule has 0 amide bonds. The van der Waals surface area contributed by atoms with E-state index in [4.69, 9.17) is 4.74 Å². The van der Waals surface area contributed by atoms with Crippen LogP contribution in [0.2, 0.25) is 0 Å². The van der Waals surface area contributed by atoms with Crippen LogP contribution in [0.25, 0.3) is 0 Å². The Labute approximate surface area is 119 Å². The van der Waals surface area contributed by atoms with Crippen LogP contribution in [-0.2, 0) is 4.74 Å². The maximum absolute atomic E-state index is 12.8. The van der Waals surface area contributed by atoms with Gasteiger partial charge in [-0.3, -0.25) is 9.69 Å². The SMILES string of the molecule is CC(CN1CCOCC1)C(=O)c1ccc(F)cc1.Cl. The molecule has 1 unspecified atom stereocenters. The zero-order valence-corrected chi connectivity index (χ0v) is 11.8. The van der Waals surface area contributed by atoms with Gasteiger partial charge in [-0.1, -0.05) is 6.92 Å². The van der Waals surface area contributed by atoms with Crippen LogP contribution in [0.3, 0.4) is 0 Å². The van der Waals surface area contributed by atoms with Crippen LogP contribution in [0.15, 0.2) is 24.3 Å². The predicted octanol–water partition coefficient (Wildman–Crippen LogP) is 2.40. The summed E-state index contributed by atoms with van der Waals surface area (Å²) in [5.41, 5.74) is 0.581. The number of hydrogen-bond acceptors (Lipinski definition) is 3. The van der Waals surface area contributed by atoms with E-state index in [1.165, 1.54) is 12.1 Å². The zero-order valence-electron chi connectivity index (χ0n) is 11.0. The van der Waals surface area contributed by atoms with Crippen LogP contribution < -0.4 is 0 Å². The maximum Gasteiger partial charge on any atom is 0.166 e. The number of benzene rings is 1. The molecular weight excluding hydrogens is 269 g/mol. The van der Waals surface area contributed by atoms with Gasteiger partial charge in [0.1, 0.15) is 5.82 Å². The van der Waals surface area contributed by atoms with Crippen molar-refractivity contribution in [3.63, 3.8) is 0 Å². The number of nitrogens with zero attached hydrogens (tertiary/aromatic N) is 1. The number of ketones is 1. The summed E-state index contributed by atoms with van der Waals surface area (Å²) in [6.45, 7) is 5.87. The lowest BCUT2D eigenvalue weighted by atomic mass is 9.98. The quantitative estimate of drug-likeness (QED) is 0.797. The number of carbonyl (C=O) groups excluding carboxylic acids is 1. The third-order valence-electron chi connectivity index (χ3n) is 3.21. The van der Waals surface area contributed by atoms with Crippen molar-refractivity contribution in [3.05, 3.63) is 35.6 Å². The first kappa shape index (κ1) is 16.1. The van der Waals surface area contributed by atoms with E-state index < -0.39 is 0 Å². The largest absolute Gasteiger partial charge is 0.379 e. The molecular formula is C14H19ClFNO2. The molecule has 19 heavy (non-hydrogen) atoms. The van der Waals surface area contributed by atoms with E-state index in [2.05, 4.69) is 4.90 Å². The minimum absolute atomic E-state index is 0. The minimum Gasteiger partial charge on any atom is -0.379 e. The van der Waals surface area contributed by atoms with Crippen molar-refractivity contribution in [1.29, 1.82) is 0 Å².